The third-order valence-corrected chi connectivity index (χ3v) is 8.51. The summed E-state index contributed by atoms with van der Waals surface area (Å²) in [6.45, 7) is 14.0. The quantitative estimate of drug-likeness (QED) is 0.246. The lowest BCUT2D eigenvalue weighted by molar-refractivity contribution is 0.102. The molecule has 3 aromatic carbocycles. The topological polar surface area (TPSA) is 35.6 Å². The van der Waals surface area contributed by atoms with Gasteiger partial charge in [0.05, 0.1) is 0 Å². The molecule has 0 aliphatic carbocycles. The fraction of sp³-hybridized carbons (Fsp3) is 0.324. The predicted octanol–water partition coefficient (Wildman–Crippen LogP) is 8.24. The molecule has 1 fully saturated rings. The average molecular weight is 538 g/mol. The number of carbonyl (C=O) groups is 1. The maximum absolute atomic E-state index is 13.6. The van der Waals surface area contributed by atoms with E-state index in [1.165, 1.54) is 21.7 Å². The molecule has 4 nitrogen and oxygen atoms in total. The number of benzene rings is 3. The highest BCUT2D eigenvalue weighted by Crippen LogP contribution is 2.34. The Balaban J connectivity index is 1.28. The molecule has 202 valence electrons. The molecule has 0 bridgehead atoms. The van der Waals surface area contributed by atoms with Crippen LogP contribution in [0.5, 0.6) is 0 Å². The Labute approximate surface area is 237 Å². The van der Waals surface area contributed by atoms with Gasteiger partial charge >= 0.3 is 0 Å². The molecule has 1 saturated heterocycles. The summed E-state index contributed by atoms with van der Waals surface area (Å²) in [4.78, 5) is 20.0. The van der Waals surface area contributed by atoms with Crippen molar-refractivity contribution in [3.63, 3.8) is 0 Å². The molecule has 1 amide bonds. The van der Waals surface area contributed by atoms with Crippen LogP contribution in [0.2, 0.25) is 0 Å². The average Bonchev–Trinajstić information content (AvgIpc) is 3.46. The molecule has 0 spiro atoms. The fourth-order valence-electron chi connectivity index (χ4n) is 5.34. The summed E-state index contributed by atoms with van der Waals surface area (Å²) < 4.78 is 0. The molecule has 2 heterocycles. The van der Waals surface area contributed by atoms with Gasteiger partial charge in [0.1, 0.15) is 0 Å². The SMILES string of the molecule is CC(C)c1ccc(-c2c(C(=O)Nc3ccc(N4CCN(Cc5cccs5)CC4)cc3)cccc2C(C)C)cc1. The van der Waals surface area contributed by atoms with E-state index in [9.17, 15) is 4.79 Å². The van der Waals surface area contributed by atoms with Gasteiger partial charge in [-0.15, -0.1) is 11.3 Å². The van der Waals surface area contributed by atoms with E-state index in [1.807, 2.05) is 35.6 Å². The highest BCUT2D eigenvalue weighted by atomic mass is 32.1. The van der Waals surface area contributed by atoms with Gasteiger partial charge in [-0.1, -0.05) is 70.2 Å². The predicted molar refractivity (Wildman–Crippen MR) is 166 cm³/mol. The summed E-state index contributed by atoms with van der Waals surface area (Å²) in [6.07, 6.45) is 0. The summed E-state index contributed by atoms with van der Waals surface area (Å²) in [5.74, 6) is 0.707. The third kappa shape index (κ3) is 6.43. The second-order valence-corrected chi connectivity index (χ2v) is 12.1. The van der Waals surface area contributed by atoms with Crippen molar-refractivity contribution >= 4 is 28.6 Å². The Bertz CT molecular complexity index is 1370. The van der Waals surface area contributed by atoms with Crippen LogP contribution in [0.15, 0.2) is 84.2 Å². The number of nitrogens with one attached hydrogen (secondary N) is 1. The van der Waals surface area contributed by atoms with Crippen LogP contribution in [0.4, 0.5) is 11.4 Å². The molecule has 0 atom stereocenters. The number of rotatable bonds is 8. The smallest absolute Gasteiger partial charge is 0.256 e. The first-order chi connectivity index (χ1) is 18.9. The van der Waals surface area contributed by atoms with Gasteiger partial charge in [0.2, 0.25) is 0 Å². The number of hydrogen-bond donors (Lipinski definition) is 1. The zero-order valence-electron chi connectivity index (χ0n) is 23.5. The normalized spacial score (nSPS) is 14.3. The van der Waals surface area contributed by atoms with E-state index in [1.54, 1.807) is 0 Å². The summed E-state index contributed by atoms with van der Waals surface area (Å²) in [5, 5.41) is 5.31. The first kappa shape index (κ1) is 27.2. The van der Waals surface area contributed by atoms with Crippen molar-refractivity contribution in [2.75, 3.05) is 36.4 Å². The molecule has 1 aliphatic heterocycles. The summed E-state index contributed by atoms with van der Waals surface area (Å²) >= 11 is 1.83. The van der Waals surface area contributed by atoms with Crippen LogP contribution in [0.3, 0.4) is 0 Å². The molecule has 39 heavy (non-hydrogen) atoms. The molecular formula is C34H39N3OS. The lowest BCUT2D eigenvalue weighted by atomic mass is 9.87. The Morgan fingerprint density at radius 3 is 2.15 bits per heavy atom. The van der Waals surface area contributed by atoms with Crippen LogP contribution in [-0.2, 0) is 6.54 Å². The van der Waals surface area contributed by atoms with Crippen molar-refractivity contribution in [3.05, 3.63) is 106 Å². The first-order valence-electron chi connectivity index (χ1n) is 14.0. The lowest BCUT2D eigenvalue weighted by Gasteiger charge is -2.36. The van der Waals surface area contributed by atoms with Crippen molar-refractivity contribution in [2.45, 2.75) is 46.1 Å². The van der Waals surface area contributed by atoms with Gasteiger partial charge in [0, 0.05) is 54.5 Å². The molecule has 5 heteroatoms. The molecule has 4 aromatic rings. The Kier molecular flexibility index (Phi) is 8.49. The fourth-order valence-corrected chi connectivity index (χ4v) is 6.08. The van der Waals surface area contributed by atoms with Gasteiger partial charge in [-0.05, 0) is 75.9 Å². The van der Waals surface area contributed by atoms with E-state index in [2.05, 4.69) is 103 Å². The molecule has 0 saturated carbocycles. The van der Waals surface area contributed by atoms with Crippen molar-refractivity contribution in [1.29, 1.82) is 0 Å². The second kappa shape index (κ2) is 12.2. The second-order valence-electron chi connectivity index (χ2n) is 11.0. The van der Waals surface area contributed by atoms with Crippen molar-refractivity contribution in [3.8, 4) is 11.1 Å². The van der Waals surface area contributed by atoms with E-state index in [0.717, 1.165) is 49.5 Å². The minimum absolute atomic E-state index is 0.0737. The Morgan fingerprint density at radius 1 is 0.821 bits per heavy atom. The van der Waals surface area contributed by atoms with Crippen molar-refractivity contribution < 1.29 is 4.79 Å². The number of nitrogens with zero attached hydrogens (tertiary/aromatic N) is 2. The standard InChI is InChI=1S/C34H39N3OS/c1-24(2)26-10-12-27(13-11-26)33-31(25(3)4)8-5-9-32(33)34(38)35-28-14-16-29(17-15-28)37-20-18-36(19-21-37)23-30-7-6-22-39-30/h5-17,22,24-25H,18-21,23H2,1-4H3,(H,35,38). The first-order valence-corrected chi connectivity index (χ1v) is 14.9. The van der Waals surface area contributed by atoms with Crippen LogP contribution in [0.25, 0.3) is 11.1 Å². The molecule has 0 radical (unpaired) electrons. The molecular weight excluding hydrogens is 498 g/mol. The number of thiophene rings is 1. The van der Waals surface area contributed by atoms with Gasteiger partial charge < -0.3 is 10.2 Å². The number of carbonyl (C=O) groups excluding carboxylic acids is 1. The van der Waals surface area contributed by atoms with Crippen LogP contribution >= 0.6 is 11.3 Å². The van der Waals surface area contributed by atoms with Gasteiger partial charge in [-0.3, -0.25) is 9.69 Å². The van der Waals surface area contributed by atoms with E-state index < -0.39 is 0 Å². The summed E-state index contributed by atoms with van der Waals surface area (Å²) in [7, 11) is 0. The van der Waals surface area contributed by atoms with Crippen molar-refractivity contribution in [2.24, 2.45) is 0 Å². The molecule has 1 aromatic heterocycles. The molecule has 0 unspecified atom stereocenters. The highest BCUT2D eigenvalue weighted by Gasteiger charge is 2.20. The summed E-state index contributed by atoms with van der Waals surface area (Å²) in [6, 6.07) is 27.4. The van der Waals surface area contributed by atoms with Crippen LogP contribution in [-0.4, -0.2) is 37.0 Å². The minimum atomic E-state index is -0.0737. The van der Waals surface area contributed by atoms with E-state index in [0.29, 0.717) is 17.4 Å². The number of hydrogen-bond acceptors (Lipinski definition) is 4. The highest BCUT2D eigenvalue weighted by molar-refractivity contribution is 7.09. The van der Waals surface area contributed by atoms with E-state index >= 15 is 0 Å². The van der Waals surface area contributed by atoms with Crippen LogP contribution in [0, 0.1) is 0 Å². The van der Waals surface area contributed by atoms with E-state index in [4.69, 9.17) is 0 Å². The minimum Gasteiger partial charge on any atom is -0.369 e. The Morgan fingerprint density at radius 2 is 1.54 bits per heavy atom. The summed E-state index contributed by atoms with van der Waals surface area (Å²) in [5.41, 5.74) is 7.33. The van der Waals surface area contributed by atoms with E-state index in [-0.39, 0.29) is 5.91 Å². The van der Waals surface area contributed by atoms with Crippen molar-refractivity contribution in [1.82, 2.24) is 4.90 Å². The number of piperazine rings is 1. The number of amides is 1. The van der Waals surface area contributed by atoms with Gasteiger partial charge in [0.15, 0.2) is 0 Å². The lowest BCUT2D eigenvalue weighted by Crippen LogP contribution is -2.45. The zero-order chi connectivity index (χ0) is 27.4. The zero-order valence-corrected chi connectivity index (χ0v) is 24.3. The maximum Gasteiger partial charge on any atom is 0.256 e. The van der Waals surface area contributed by atoms with Crippen LogP contribution in [0.1, 0.15) is 65.9 Å². The monoisotopic (exact) mass is 537 g/mol. The van der Waals surface area contributed by atoms with Gasteiger partial charge in [-0.25, -0.2) is 0 Å². The molecule has 1 N–H and O–H groups in total. The van der Waals surface area contributed by atoms with Gasteiger partial charge in [0.25, 0.3) is 5.91 Å². The van der Waals surface area contributed by atoms with Crippen LogP contribution < -0.4 is 10.2 Å². The molecule has 5 rings (SSSR count). The molecule has 1 aliphatic rings. The largest absolute Gasteiger partial charge is 0.369 e. The van der Waals surface area contributed by atoms with Gasteiger partial charge in [-0.2, -0.15) is 0 Å². The maximum atomic E-state index is 13.6. The third-order valence-electron chi connectivity index (χ3n) is 7.65. The number of anilines is 2. The Hall–Kier alpha value is -3.41.